The molecule has 0 fully saturated rings. The second-order valence-corrected chi connectivity index (χ2v) is 3.91. The summed E-state index contributed by atoms with van der Waals surface area (Å²) in [7, 11) is 0. The quantitative estimate of drug-likeness (QED) is 0.437. The van der Waals surface area contributed by atoms with E-state index in [0.717, 1.165) is 30.6 Å². The van der Waals surface area contributed by atoms with Gasteiger partial charge in [0, 0.05) is 5.75 Å². The molecular formula is C8H14BrNO3S. The van der Waals surface area contributed by atoms with Crippen molar-refractivity contribution in [1.29, 1.82) is 0 Å². The Morgan fingerprint density at radius 2 is 2.21 bits per heavy atom. The minimum absolute atomic E-state index is 0.0659. The molecule has 0 aromatic rings. The maximum atomic E-state index is 11.0. The highest BCUT2D eigenvalue weighted by Crippen LogP contribution is 2.05. The lowest BCUT2D eigenvalue weighted by atomic mass is 10.4. The Bertz CT molecular complexity index is 189. The summed E-state index contributed by atoms with van der Waals surface area (Å²) in [5.41, 5.74) is 0. The first kappa shape index (κ1) is 13.8. The van der Waals surface area contributed by atoms with E-state index in [1.165, 1.54) is 0 Å². The number of amides is 1. The molecule has 0 atom stereocenters. The van der Waals surface area contributed by atoms with E-state index in [9.17, 15) is 9.59 Å². The minimum Gasteiger partial charge on any atom is -0.390 e. The molecule has 0 rings (SSSR count). The number of carbonyl (C=O) groups excluding carboxylic acids is 2. The Morgan fingerprint density at radius 1 is 1.50 bits per heavy atom. The lowest BCUT2D eigenvalue weighted by Crippen LogP contribution is -2.30. The molecular weight excluding hydrogens is 270 g/mol. The lowest BCUT2D eigenvalue weighted by Gasteiger charge is -2.02. The van der Waals surface area contributed by atoms with Crippen molar-refractivity contribution in [3.05, 3.63) is 0 Å². The maximum absolute atomic E-state index is 11.0. The molecule has 0 aromatic carbocycles. The van der Waals surface area contributed by atoms with E-state index in [2.05, 4.69) is 28.2 Å². The smallest absolute Gasteiger partial charge is 0.337 e. The highest BCUT2D eigenvalue weighted by molar-refractivity contribution is 9.09. The van der Waals surface area contributed by atoms with Crippen LogP contribution in [0.5, 0.6) is 0 Å². The number of hydrogen-bond acceptors (Lipinski definition) is 4. The molecule has 4 nitrogen and oxygen atoms in total. The van der Waals surface area contributed by atoms with Crippen LogP contribution in [0.15, 0.2) is 0 Å². The van der Waals surface area contributed by atoms with E-state index in [1.54, 1.807) is 0 Å². The first-order valence-electron chi connectivity index (χ1n) is 4.35. The molecule has 0 aliphatic heterocycles. The van der Waals surface area contributed by atoms with Gasteiger partial charge in [0.25, 0.3) is 0 Å². The fourth-order valence-corrected chi connectivity index (χ4v) is 1.44. The largest absolute Gasteiger partial charge is 0.390 e. The van der Waals surface area contributed by atoms with Crippen LogP contribution in [0.2, 0.25) is 0 Å². The van der Waals surface area contributed by atoms with Crippen LogP contribution in [0.3, 0.4) is 0 Å². The van der Waals surface area contributed by atoms with Gasteiger partial charge in [-0.2, -0.15) is 0 Å². The van der Waals surface area contributed by atoms with Crippen LogP contribution in [0.1, 0.15) is 19.8 Å². The molecule has 0 heterocycles. The Hall–Kier alpha value is -0.230. The average molecular weight is 284 g/mol. The highest BCUT2D eigenvalue weighted by atomic mass is 79.9. The minimum atomic E-state index is -0.416. The number of rotatable bonds is 7. The number of hydrogen-bond donors (Lipinski definition) is 1. The van der Waals surface area contributed by atoms with E-state index >= 15 is 0 Å². The van der Waals surface area contributed by atoms with Crippen molar-refractivity contribution in [3.63, 3.8) is 0 Å². The van der Waals surface area contributed by atoms with Gasteiger partial charge in [-0.15, -0.1) is 0 Å². The van der Waals surface area contributed by atoms with Crippen molar-refractivity contribution in [2.45, 2.75) is 19.8 Å². The van der Waals surface area contributed by atoms with Gasteiger partial charge in [-0.05, 0) is 6.42 Å². The van der Waals surface area contributed by atoms with E-state index in [0.29, 0.717) is 0 Å². The molecule has 0 aliphatic rings. The molecule has 0 aliphatic carbocycles. The molecule has 0 radical (unpaired) electrons. The Balaban J connectivity index is 3.32. The molecule has 0 saturated carbocycles. The fourth-order valence-electron chi connectivity index (χ4n) is 0.558. The highest BCUT2D eigenvalue weighted by Gasteiger charge is 2.05. The first-order valence-corrected chi connectivity index (χ1v) is 6.38. The van der Waals surface area contributed by atoms with Gasteiger partial charge in [-0.1, -0.05) is 29.3 Å². The third-order valence-corrected chi connectivity index (χ3v) is 2.55. The van der Waals surface area contributed by atoms with Crippen molar-refractivity contribution < 1.29 is 13.8 Å². The second kappa shape index (κ2) is 9.33. The van der Waals surface area contributed by atoms with Gasteiger partial charge < -0.3 is 9.50 Å². The third kappa shape index (κ3) is 8.37. The summed E-state index contributed by atoms with van der Waals surface area (Å²) in [5, 5.41) is 2.60. The van der Waals surface area contributed by atoms with Gasteiger partial charge in [0.15, 0.2) is 0 Å². The van der Waals surface area contributed by atoms with Crippen molar-refractivity contribution in [2.75, 3.05) is 17.6 Å². The van der Waals surface area contributed by atoms with Crippen LogP contribution in [0.4, 0.5) is 0 Å². The summed E-state index contributed by atoms with van der Waals surface area (Å²) in [6.45, 7) is 2.00. The number of halogens is 1. The first-order chi connectivity index (χ1) is 6.70. The zero-order valence-corrected chi connectivity index (χ0v) is 10.4. The van der Waals surface area contributed by atoms with Crippen LogP contribution in [0.25, 0.3) is 0 Å². The van der Waals surface area contributed by atoms with Gasteiger partial charge in [-0.25, -0.2) is 4.79 Å². The Morgan fingerprint density at radius 3 is 2.79 bits per heavy atom. The molecule has 0 bridgehead atoms. The van der Waals surface area contributed by atoms with Crippen LogP contribution < -0.4 is 5.32 Å². The summed E-state index contributed by atoms with van der Waals surface area (Å²) < 4.78 is 4.79. The standard InChI is InChI=1S/C8H14BrNO3S/c1-2-3-4-14-13-8(12)6-10-7(11)5-9/h2-6H2,1H3,(H,10,11). The van der Waals surface area contributed by atoms with Gasteiger partial charge in [0.2, 0.25) is 5.91 Å². The molecule has 0 unspecified atom stereocenters. The third-order valence-electron chi connectivity index (χ3n) is 1.28. The summed E-state index contributed by atoms with van der Waals surface area (Å²) in [5.74, 6) is 0.162. The normalized spacial score (nSPS) is 9.57. The van der Waals surface area contributed by atoms with E-state index < -0.39 is 5.97 Å². The maximum Gasteiger partial charge on any atom is 0.337 e. The summed E-state index contributed by atoms with van der Waals surface area (Å²) in [6, 6.07) is 0. The lowest BCUT2D eigenvalue weighted by molar-refractivity contribution is -0.134. The zero-order chi connectivity index (χ0) is 10.8. The molecule has 0 aromatic heterocycles. The van der Waals surface area contributed by atoms with Gasteiger partial charge in [0.1, 0.15) is 6.54 Å². The van der Waals surface area contributed by atoms with E-state index in [4.69, 9.17) is 4.18 Å². The van der Waals surface area contributed by atoms with Crippen LogP contribution in [0, 0.1) is 0 Å². The Labute approximate surface area is 96.5 Å². The number of alkyl halides is 1. The van der Waals surface area contributed by atoms with Gasteiger partial charge in [0.05, 0.1) is 17.4 Å². The summed E-state index contributed by atoms with van der Waals surface area (Å²) in [6.07, 6.45) is 2.09. The molecule has 82 valence electrons. The SMILES string of the molecule is CCCCSOC(=O)CNC(=O)CBr. The molecule has 6 heteroatoms. The molecule has 1 amide bonds. The van der Waals surface area contributed by atoms with Crippen LogP contribution in [-0.4, -0.2) is 29.5 Å². The van der Waals surface area contributed by atoms with Crippen molar-refractivity contribution in [3.8, 4) is 0 Å². The fraction of sp³-hybridized carbons (Fsp3) is 0.750. The molecule has 14 heavy (non-hydrogen) atoms. The van der Waals surface area contributed by atoms with Crippen LogP contribution in [-0.2, 0) is 13.8 Å². The number of carbonyl (C=O) groups is 2. The zero-order valence-electron chi connectivity index (χ0n) is 8.05. The molecule has 0 saturated heterocycles. The van der Waals surface area contributed by atoms with E-state index in [1.807, 2.05) is 0 Å². The van der Waals surface area contributed by atoms with Crippen LogP contribution >= 0.6 is 28.0 Å². The van der Waals surface area contributed by atoms with Crippen molar-refractivity contribution in [2.24, 2.45) is 0 Å². The number of nitrogens with one attached hydrogen (secondary N) is 1. The predicted octanol–water partition coefficient (Wildman–Crippen LogP) is 1.49. The van der Waals surface area contributed by atoms with Gasteiger partial charge in [-0.3, -0.25) is 4.79 Å². The summed E-state index contributed by atoms with van der Waals surface area (Å²) >= 11 is 4.10. The van der Waals surface area contributed by atoms with Crippen molar-refractivity contribution >= 4 is 39.8 Å². The topological polar surface area (TPSA) is 55.4 Å². The molecule has 0 spiro atoms. The van der Waals surface area contributed by atoms with Gasteiger partial charge >= 0.3 is 5.97 Å². The molecule has 1 N–H and O–H groups in total. The van der Waals surface area contributed by atoms with E-state index in [-0.39, 0.29) is 17.8 Å². The second-order valence-electron chi connectivity index (χ2n) is 2.54. The monoisotopic (exact) mass is 283 g/mol. The predicted molar refractivity (Wildman–Crippen MR) is 60.3 cm³/mol. The summed E-state index contributed by atoms with van der Waals surface area (Å²) in [4.78, 5) is 21.7. The number of unbranched alkanes of at least 4 members (excludes halogenated alkanes) is 1. The van der Waals surface area contributed by atoms with Crippen molar-refractivity contribution in [1.82, 2.24) is 5.32 Å². The average Bonchev–Trinajstić information content (AvgIpc) is 2.21. The Kier molecular flexibility index (Phi) is 9.18.